The second-order valence-corrected chi connectivity index (χ2v) is 7.43. The highest BCUT2D eigenvalue weighted by Crippen LogP contribution is 2.17. The van der Waals surface area contributed by atoms with E-state index < -0.39 is 12.1 Å². The Morgan fingerprint density at radius 3 is 2.31 bits per heavy atom. The molecular weight excluding hydrogens is 428 g/mol. The number of carbonyl (C=O) groups is 2. The Bertz CT molecular complexity index is 1050. The van der Waals surface area contributed by atoms with Gasteiger partial charge in [0.1, 0.15) is 5.75 Å². The fourth-order valence-corrected chi connectivity index (χ4v) is 3.09. The van der Waals surface area contributed by atoms with Crippen molar-refractivity contribution in [1.29, 1.82) is 0 Å². The Balaban J connectivity index is 1.68. The molecule has 6 nitrogen and oxygen atoms in total. The number of ether oxygens (including phenoxy) is 1. The van der Waals surface area contributed by atoms with E-state index in [0.717, 1.165) is 11.1 Å². The molecule has 3 rings (SSSR count). The van der Waals surface area contributed by atoms with Crippen molar-refractivity contribution < 1.29 is 19.5 Å². The Kier molecular flexibility index (Phi) is 8.43. The normalized spacial score (nSPS) is 11.7. The number of carbonyl (C=O) groups excluding carboxylic acids is 2. The maximum Gasteiger partial charge on any atom is 0.274 e. The third-order valence-electron chi connectivity index (χ3n) is 4.63. The minimum absolute atomic E-state index is 0.285. The van der Waals surface area contributed by atoms with Crippen LogP contribution in [0.25, 0.3) is 6.08 Å². The van der Waals surface area contributed by atoms with Crippen LogP contribution in [0.1, 0.15) is 27.9 Å². The van der Waals surface area contributed by atoms with Gasteiger partial charge in [0, 0.05) is 23.1 Å². The molecule has 164 valence electrons. The van der Waals surface area contributed by atoms with E-state index in [4.69, 9.17) is 21.5 Å². The van der Waals surface area contributed by atoms with Crippen molar-refractivity contribution in [2.24, 2.45) is 0 Å². The molecule has 3 aromatic rings. The van der Waals surface area contributed by atoms with Crippen LogP contribution in [0.3, 0.4) is 0 Å². The van der Waals surface area contributed by atoms with Crippen molar-refractivity contribution in [2.75, 3.05) is 0 Å². The number of aryl methyl sites for hydroxylation is 1. The first-order chi connectivity index (χ1) is 15.5. The molecule has 3 aromatic carbocycles. The molecule has 0 aliphatic carbocycles. The summed E-state index contributed by atoms with van der Waals surface area (Å²) in [6.45, 7) is 0. The lowest BCUT2D eigenvalue weighted by Gasteiger charge is -2.20. The Morgan fingerprint density at radius 2 is 1.66 bits per heavy atom. The van der Waals surface area contributed by atoms with E-state index >= 15 is 0 Å². The molecule has 0 aliphatic heterocycles. The van der Waals surface area contributed by atoms with Crippen LogP contribution in [-0.2, 0) is 11.2 Å². The van der Waals surface area contributed by atoms with Crippen LogP contribution in [0.4, 0.5) is 0 Å². The Morgan fingerprint density at radius 1 is 0.969 bits per heavy atom. The van der Waals surface area contributed by atoms with Gasteiger partial charge in [0.05, 0.1) is 0 Å². The van der Waals surface area contributed by atoms with E-state index in [1.807, 2.05) is 54.6 Å². The van der Waals surface area contributed by atoms with Gasteiger partial charge in [0.15, 0.2) is 6.23 Å². The van der Waals surface area contributed by atoms with E-state index in [-0.39, 0.29) is 11.5 Å². The summed E-state index contributed by atoms with van der Waals surface area (Å²) in [5.74, 6) is -0.422. The summed E-state index contributed by atoms with van der Waals surface area (Å²) in [5, 5.41) is 12.3. The summed E-state index contributed by atoms with van der Waals surface area (Å²) in [7, 11) is 0. The molecule has 2 amide bonds. The fourth-order valence-electron chi connectivity index (χ4n) is 2.97. The van der Waals surface area contributed by atoms with Crippen LogP contribution in [0, 0.1) is 0 Å². The van der Waals surface area contributed by atoms with E-state index in [0.29, 0.717) is 23.6 Å². The molecule has 0 spiro atoms. The first-order valence-corrected chi connectivity index (χ1v) is 10.4. The van der Waals surface area contributed by atoms with Crippen molar-refractivity contribution in [2.45, 2.75) is 19.1 Å². The first kappa shape index (κ1) is 23.1. The van der Waals surface area contributed by atoms with Gasteiger partial charge in [0.25, 0.3) is 5.91 Å². The number of nitrogens with one attached hydrogen (secondary N) is 2. The zero-order valence-electron chi connectivity index (χ0n) is 17.2. The predicted octanol–water partition coefficient (Wildman–Crippen LogP) is 4.63. The Labute approximate surface area is 191 Å². The van der Waals surface area contributed by atoms with Crippen LogP contribution in [0.5, 0.6) is 5.75 Å². The van der Waals surface area contributed by atoms with E-state index in [1.165, 1.54) is 18.2 Å². The molecule has 0 bridgehead atoms. The highest BCUT2D eigenvalue weighted by atomic mass is 35.5. The maximum absolute atomic E-state index is 12.5. The lowest BCUT2D eigenvalue weighted by molar-refractivity contribution is -0.118. The molecule has 0 aromatic heterocycles. The van der Waals surface area contributed by atoms with Crippen molar-refractivity contribution in [3.05, 3.63) is 107 Å². The summed E-state index contributed by atoms with van der Waals surface area (Å²) in [4.78, 5) is 24.0. The van der Waals surface area contributed by atoms with Gasteiger partial charge in [0.2, 0.25) is 5.91 Å². The zero-order valence-corrected chi connectivity index (χ0v) is 18.0. The lowest BCUT2D eigenvalue weighted by atomic mass is 10.1. The average molecular weight is 451 g/mol. The van der Waals surface area contributed by atoms with Crippen LogP contribution < -0.4 is 15.5 Å². The summed E-state index contributed by atoms with van der Waals surface area (Å²) >= 11 is 5.95. The molecule has 0 radical (unpaired) electrons. The highest BCUT2D eigenvalue weighted by molar-refractivity contribution is 6.30. The smallest absolute Gasteiger partial charge is 0.274 e. The second kappa shape index (κ2) is 11.7. The number of amides is 2. The molecule has 3 N–H and O–H groups in total. The van der Waals surface area contributed by atoms with Crippen LogP contribution in [0.2, 0.25) is 5.02 Å². The standard InChI is InChI=1S/C25H23ClN2O4/c26-21-12-6-19(7-13-21)9-17-24(27-23(29)16-8-18-4-2-1-3-5-18)32-22-14-10-20(11-15-22)25(30)28-31/h1-8,10-16,24,31H,9,17H2,(H,27,29)(H,28,30)/b16-8+. The molecule has 0 saturated carbocycles. The van der Waals surface area contributed by atoms with E-state index in [9.17, 15) is 9.59 Å². The summed E-state index contributed by atoms with van der Waals surface area (Å²) in [5.41, 5.74) is 3.85. The molecule has 0 aliphatic rings. The van der Waals surface area contributed by atoms with Crippen molar-refractivity contribution in [3.8, 4) is 5.75 Å². The topological polar surface area (TPSA) is 87.7 Å². The average Bonchev–Trinajstić information content (AvgIpc) is 2.83. The van der Waals surface area contributed by atoms with Gasteiger partial charge < -0.3 is 10.1 Å². The fraction of sp³-hybridized carbons (Fsp3) is 0.120. The van der Waals surface area contributed by atoms with Crippen molar-refractivity contribution in [3.63, 3.8) is 0 Å². The number of halogens is 1. The molecule has 0 heterocycles. The molecule has 0 saturated heterocycles. The third kappa shape index (κ3) is 7.27. The van der Waals surface area contributed by atoms with Gasteiger partial charge in [-0.15, -0.1) is 0 Å². The summed E-state index contributed by atoms with van der Waals surface area (Å²) < 4.78 is 5.96. The highest BCUT2D eigenvalue weighted by Gasteiger charge is 2.14. The van der Waals surface area contributed by atoms with Gasteiger partial charge in [-0.2, -0.15) is 0 Å². The van der Waals surface area contributed by atoms with Crippen LogP contribution >= 0.6 is 11.6 Å². The van der Waals surface area contributed by atoms with Gasteiger partial charge in [-0.25, -0.2) is 5.48 Å². The maximum atomic E-state index is 12.5. The van der Waals surface area contributed by atoms with Crippen molar-refractivity contribution in [1.82, 2.24) is 10.8 Å². The number of hydrogen-bond donors (Lipinski definition) is 3. The van der Waals surface area contributed by atoms with E-state index in [2.05, 4.69) is 5.32 Å². The van der Waals surface area contributed by atoms with Gasteiger partial charge >= 0.3 is 0 Å². The lowest BCUT2D eigenvalue weighted by Crippen LogP contribution is -2.38. The molecule has 1 unspecified atom stereocenters. The minimum atomic E-state index is -0.616. The molecule has 32 heavy (non-hydrogen) atoms. The number of benzene rings is 3. The van der Waals surface area contributed by atoms with Gasteiger partial charge in [-0.1, -0.05) is 54.1 Å². The molecule has 1 atom stereocenters. The van der Waals surface area contributed by atoms with Crippen molar-refractivity contribution >= 4 is 29.5 Å². The number of hydrogen-bond acceptors (Lipinski definition) is 4. The molecule has 0 fully saturated rings. The predicted molar refractivity (Wildman–Crippen MR) is 124 cm³/mol. The van der Waals surface area contributed by atoms with Crippen LogP contribution in [0.15, 0.2) is 84.9 Å². The zero-order chi connectivity index (χ0) is 22.8. The third-order valence-corrected chi connectivity index (χ3v) is 4.89. The quantitative estimate of drug-likeness (QED) is 0.192. The second-order valence-electron chi connectivity index (χ2n) is 6.99. The van der Waals surface area contributed by atoms with Gasteiger partial charge in [-0.3, -0.25) is 14.8 Å². The SMILES string of the molecule is O=C(/C=C/c1ccccc1)NC(CCc1ccc(Cl)cc1)Oc1ccc(C(=O)NO)cc1. The number of hydroxylamine groups is 1. The first-order valence-electron chi connectivity index (χ1n) is 10.0. The van der Waals surface area contributed by atoms with Gasteiger partial charge in [-0.05, 0) is 60.0 Å². The summed E-state index contributed by atoms with van der Waals surface area (Å²) in [6.07, 6.45) is 3.77. The molecular formula is C25H23ClN2O4. The van der Waals surface area contributed by atoms with E-state index in [1.54, 1.807) is 23.7 Å². The van der Waals surface area contributed by atoms with Crippen LogP contribution in [-0.4, -0.2) is 23.2 Å². The Hall–Kier alpha value is -3.61. The number of rotatable bonds is 9. The largest absolute Gasteiger partial charge is 0.471 e. The minimum Gasteiger partial charge on any atom is -0.471 e. The summed E-state index contributed by atoms with van der Waals surface area (Å²) in [6, 6.07) is 23.3. The monoisotopic (exact) mass is 450 g/mol. The molecule has 7 heteroatoms.